The van der Waals surface area contributed by atoms with Crippen LogP contribution < -0.4 is 0 Å². The largest absolute Gasteiger partial charge is 0.393 e. The zero-order valence-electron chi connectivity index (χ0n) is 8.66. The van der Waals surface area contributed by atoms with Gasteiger partial charge in [0.1, 0.15) is 0 Å². The summed E-state index contributed by atoms with van der Waals surface area (Å²) in [6, 6.07) is 4.11. The lowest BCUT2D eigenvalue weighted by Gasteiger charge is -2.10. The van der Waals surface area contributed by atoms with Gasteiger partial charge < -0.3 is 5.11 Å². The number of rotatable bonds is 5. The summed E-state index contributed by atoms with van der Waals surface area (Å²) in [5.41, 5.74) is 0. The van der Waals surface area contributed by atoms with Crippen molar-refractivity contribution >= 4 is 27.3 Å². The fourth-order valence-corrected chi connectivity index (χ4v) is 2.88. The normalized spacial score (nSPS) is 13.5. The Morgan fingerprint density at radius 2 is 2.07 bits per heavy atom. The van der Waals surface area contributed by atoms with Gasteiger partial charge in [0, 0.05) is 11.3 Å². The second-order valence-electron chi connectivity index (χ2n) is 4.03. The number of hydrogen-bond donors (Lipinski definition) is 1. The quantitative estimate of drug-likeness (QED) is 0.866. The molecule has 1 unspecified atom stereocenters. The number of hydrogen-bond acceptors (Lipinski definition) is 2. The summed E-state index contributed by atoms with van der Waals surface area (Å²) in [5, 5.41) is 9.75. The molecule has 0 spiro atoms. The Bertz CT molecular complexity index is 270. The van der Waals surface area contributed by atoms with Gasteiger partial charge in [-0.3, -0.25) is 0 Å². The van der Waals surface area contributed by atoms with Crippen LogP contribution in [0.3, 0.4) is 0 Å². The van der Waals surface area contributed by atoms with Crippen LogP contribution in [0.4, 0.5) is 0 Å². The molecule has 0 fully saturated rings. The van der Waals surface area contributed by atoms with E-state index in [-0.39, 0.29) is 6.10 Å². The minimum atomic E-state index is -0.178. The Kier molecular flexibility index (Phi) is 5.13. The van der Waals surface area contributed by atoms with Crippen LogP contribution in [-0.4, -0.2) is 11.2 Å². The van der Waals surface area contributed by atoms with E-state index < -0.39 is 0 Å². The van der Waals surface area contributed by atoms with Gasteiger partial charge in [0.2, 0.25) is 0 Å². The maximum Gasteiger partial charge on any atom is 0.0701 e. The van der Waals surface area contributed by atoms with Crippen LogP contribution in [0.5, 0.6) is 0 Å². The Balaban J connectivity index is 2.30. The summed E-state index contributed by atoms with van der Waals surface area (Å²) in [6.45, 7) is 4.38. The predicted molar refractivity (Wildman–Crippen MR) is 65.8 cm³/mol. The molecule has 1 atom stereocenters. The predicted octanol–water partition coefficient (Wildman–Crippen LogP) is 3.85. The monoisotopic (exact) mass is 276 g/mol. The third-order valence-electron chi connectivity index (χ3n) is 2.14. The van der Waals surface area contributed by atoms with E-state index in [0.29, 0.717) is 5.92 Å². The van der Waals surface area contributed by atoms with Gasteiger partial charge in [-0.15, -0.1) is 11.3 Å². The lowest BCUT2D eigenvalue weighted by atomic mass is 10.0. The third-order valence-corrected chi connectivity index (χ3v) is 3.79. The van der Waals surface area contributed by atoms with Gasteiger partial charge in [-0.05, 0) is 46.8 Å². The number of thiophene rings is 1. The lowest BCUT2D eigenvalue weighted by molar-refractivity contribution is 0.158. The molecule has 0 amide bonds. The Hall–Kier alpha value is 0.140. The number of halogens is 1. The van der Waals surface area contributed by atoms with E-state index in [1.165, 1.54) is 4.88 Å². The first kappa shape index (κ1) is 12.2. The average Bonchev–Trinajstić information content (AvgIpc) is 2.48. The van der Waals surface area contributed by atoms with Crippen LogP contribution >= 0.6 is 27.3 Å². The number of aliphatic hydroxyl groups is 1. The molecule has 0 aliphatic rings. The van der Waals surface area contributed by atoms with E-state index in [1.54, 1.807) is 11.3 Å². The van der Waals surface area contributed by atoms with Crippen LogP contribution in [0.2, 0.25) is 0 Å². The molecular formula is C11H17BrOS. The smallest absolute Gasteiger partial charge is 0.0701 e. The molecule has 0 radical (unpaired) electrons. The van der Waals surface area contributed by atoms with E-state index >= 15 is 0 Å². The minimum Gasteiger partial charge on any atom is -0.393 e. The Morgan fingerprint density at radius 3 is 2.57 bits per heavy atom. The van der Waals surface area contributed by atoms with Crippen LogP contribution in [0.25, 0.3) is 0 Å². The molecule has 0 aromatic carbocycles. The molecule has 0 saturated heterocycles. The van der Waals surface area contributed by atoms with Crippen LogP contribution in [-0.2, 0) is 6.42 Å². The van der Waals surface area contributed by atoms with Crippen molar-refractivity contribution in [2.45, 2.75) is 39.2 Å². The Morgan fingerprint density at radius 1 is 1.36 bits per heavy atom. The average molecular weight is 277 g/mol. The third kappa shape index (κ3) is 4.58. The molecule has 1 aromatic rings. The molecule has 14 heavy (non-hydrogen) atoms. The van der Waals surface area contributed by atoms with Gasteiger partial charge in [-0.1, -0.05) is 13.8 Å². The lowest BCUT2D eigenvalue weighted by Crippen LogP contribution is -2.10. The van der Waals surface area contributed by atoms with Crippen molar-refractivity contribution in [2.75, 3.05) is 0 Å². The molecule has 1 rings (SSSR count). The topological polar surface area (TPSA) is 20.2 Å². The first-order chi connectivity index (χ1) is 6.58. The molecule has 1 heterocycles. The van der Waals surface area contributed by atoms with Gasteiger partial charge in [0.05, 0.1) is 9.89 Å². The highest BCUT2D eigenvalue weighted by atomic mass is 79.9. The summed E-state index contributed by atoms with van der Waals surface area (Å²) < 4.78 is 1.14. The molecule has 1 aromatic heterocycles. The highest BCUT2D eigenvalue weighted by Gasteiger charge is 2.08. The highest BCUT2D eigenvalue weighted by Crippen LogP contribution is 2.24. The molecule has 1 nitrogen and oxygen atoms in total. The fourth-order valence-electron chi connectivity index (χ4n) is 1.32. The van der Waals surface area contributed by atoms with E-state index in [9.17, 15) is 5.11 Å². The molecule has 0 aliphatic carbocycles. The van der Waals surface area contributed by atoms with Crippen molar-refractivity contribution in [1.29, 1.82) is 0 Å². The van der Waals surface area contributed by atoms with Gasteiger partial charge in [-0.25, -0.2) is 0 Å². The van der Waals surface area contributed by atoms with Gasteiger partial charge >= 0.3 is 0 Å². The van der Waals surface area contributed by atoms with Crippen molar-refractivity contribution in [2.24, 2.45) is 5.92 Å². The first-order valence-corrected chi connectivity index (χ1v) is 6.61. The molecule has 0 aliphatic heterocycles. The zero-order chi connectivity index (χ0) is 10.6. The van der Waals surface area contributed by atoms with Gasteiger partial charge in [0.25, 0.3) is 0 Å². The molecule has 0 bridgehead atoms. The summed E-state index contributed by atoms with van der Waals surface area (Å²) in [5.74, 6) is 0.680. The molecule has 0 saturated carbocycles. The van der Waals surface area contributed by atoms with Gasteiger partial charge in [-0.2, -0.15) is 0 Å². The summed E-state index contributed by atoms with van der Waals surface area (Å²) in [7, 11) is 0. The van der Waals surface area contributed by atoms with Gasteiger partial charge in [0.15, 0.2) is 0 Å². The van der Waals surface area contributed by atoms with Crippen molar-refractivity contribution in [1.82, 2.24) is 0 Å². The SMILES string of the molecule is CC(C)CCC(O)Cc1ccc(Br)s1. The number of aliphatic hydroxyl groups excluding tert-OH is 1. The van der Waals surface area contributed by atoms with E-state index in [1.807, 2.05) is 6.07 Å². The van der Waals surface area contributed by atoms with Crippen LogP contribution in [0.1, 0.15) is 31.6 Å². The first-order valence-electron chi connectivity index (χ1n) is 5.00. The molecule has 1 N–H and O–H groups in total. The maximum atomic E-state index is 9.75. The maximum absolute atomic E-state index is 9.75. The standard InChI is InChI=1S/C11H17BrOS/c1-8(2)3-4-9(13)7-10-5-6-11(12)14-10/h5-6,8-9,13H,3-4,7H2,1-2H3. The van der Waals surface area contributed by atoms with Crippen molar-refractivity contribution in [3.63, 3.8) is 0 Å². The van der Waals surface area contributed by atoms with Crippen molar-refractivity contribution in [3.05, 3.63) is 20.8 Å². The minimum absolute atomic E-state index is 0.178. The summed E-state index contributed by atoms with van der Waals surface area (Å²) in [4.78, 5) is 1.26. The summed E-state index contributed by atoms with van der Waals surface area (Å²) >= 11 is 5.13. The second kappa shape index (κ2) is 5.89. The van der Waals surface area contributed by atoms with E-state index in [2.05, 4.69) is 35.8 Å². The second-order valence-corrected chi connectivity index (χ2v) is 6.58. The highest BCUT2D eigenvalue weighted by molar-refractivity contribution is 9.11. The Labute approximate surface area is 98.3 Å². The van der Waals surface area contributed by atoms with Crippen LogP contribution in [0, 0.1) is 5.92 Å². The summed E-state index contributed by atoms with van der Waals surface area (Å²) in [6.07, 6.45) is 2.63. The fraction of sp³-hybridized carbons (Fsp3) is 0.636. The van der Waals surface area contributed by atoms with Crippen molar-refractivity contribution in [3.8, 4) is 0 Å². The van der Waals surface area contributed by atoms with E-state index in [4.69, 9.17) is 0 Å². The zero-order valence-corrected chi connectivity index (χ0v) is 11.1. The van der Waals surface area contributed by atoms with Crippen LogP contribution in [0.15, 0.2) is 15.9 Å². The molecular weight excluding hydrogens is 260 g/mol. The van der Waals surface area contributed by atoms with Crippen molar-refractivity contribution < 1.29 is 5.11 Å². The molecule has 80 valence electrons. The molecule has 3 heteroatoms. The van der Waals surface area contributed by atoms with E-state index in [0.717, 1.165) is 23.0 Å².